The van der Waals surface area contributed by atoms with Gasteiger partial charge in [0.15, 0.2) is 0 Å². The van der Waals surface area contributed by atoms with Crippen LogP contribution in [0.4, 0.5) is 0 Å². The zero-order valence-corrected chi connectivity index (χ0v) is 14.2. The maximum absolute atomic E-state index is 11.9. The van der Waals surface area contributed by atoms with Crippen molar-refractivity contribution in [2.75, 3.05) is 0 Å². The summed E-state index contributed by atoms with van der Waals surface area (Å²) in [6.45, 7) is 0. The molecule has 0 saturated heterocycles. The summed E-state index contributed by atoms with van der Waals surface area (Å²) in [5.41, 5.74) is 2.07. The molecule has 0 heterocycles. The molecule has 0 atom stereocenters. The molecule has 2 nitrogen and oxygen atoms in total. The zero-order valence-electron chi connectivity index (χ0n) is 10.8. The molecule has 0 aliphatic carbocycles. The molecule has 0 amide bonds. The molecule has 2 aromatic rings. The van der Waals surface area contributed by atoms with Gasteiger partial charge in [0.05, 0.1) is 0 Å². The number of rotatable bonds is 7. The summed E-state index contributed by atoms with van der Waals surface area (Å²) in [4.78, 5) is 23.7. The van der Waals surface area contributed by atoms with E-state index in [1.54, 1.807) is 0 Å². The van der Waals surface area contributed by atoms with Gasteiger partial charge in [-0.3, -0.25) is 0 Å². The predicted molar refractivity (Wildman–Crippen MR) is 81.8 cm³/mol. The number of benzene rings is 2. The van der Waals surface area contributed by atoms with Crippen molar-refractivity contribution in [2.45, 2.75) is 12.8 Å². The van der Waals surface area contributed by atoms with E-state index in [0.717, 1.165) is 11.1 Å². The fourth-order valence-electron chi connectivity index (χ4n) is 1.68. The van der Waals surface area contributed by atoms with E-state index in [2.05, 4.69) is 0 Å². The second-order valence-electron chi connectivity index (χ2n) is 4.24. The van der Waals surface area contributed by atoms with E-state index in [-0.39, 0.29) is 35.6 Å². The molecule has 102 valence electrons. The van der Waals surface area contributed by atoms with Crippen LogP contribution in [0.15, 0.2) is 60.7 Å². The number of hydrogen-bond acceptors (Lipinski definition) is 2. The number of hydrogen-bond donors (Lipinski definition) is 0. The Morgan fingerprint density at radius 2 is 1.00 bits per heavy atom. The van der Waals surface area contributed by atoms with Gasteiger partial charge >= 0.3 is 130 Å². The van der Waals surface area contributed by atoms with E-state index in [4.69, 9.17) is 0 Å². The quantitative estimate of drug-likeness (QED) is 0.670. The monoisotopic (exact) mass is 398 g/mol. The average Bonchev–Trinajstić information content (AvgIpc) is 2.47. The SMILES string of the molecule is O=C(Cc1ccccc1)[Se][Se]C(=O)Cc1ccccc1. The van der Waals surface area contributed by atoms with Crippen LogP contribution in [0.3, 0.4) is 0 Å². The van der Waals surface area contributed by atoms with Crippen LogP contribution in [0.1, 0.15) is 11.1 Å². The summed E-state index contributed by atoms with van der Waals surface area (Å²) in [6, 6.07) is 19.4. The van der Waals surface area contributed by atoms with Crippen LogP contribution in [0.2, 0.25) is 0 Å². The Labute approximate surface area is 129 Å². The molecule has 0 unspecified atom stereocenters. The molecule has 0 aromatic heterocycles. The van der Waals surface area contributed by atoms with Crippen molar-refractivity contribution in [3.63, 3.8) is 0 Å². The standard InChI is InChI=1S/C16H14O2Se2/c17-15(11-13-7-3-1-4-8-13)19-20-16(18)12-14-9-5-2-6-10-14/h1-10H,11-12H2. The van der Waals surface area contributed by atoms with Gasteiger partial charge in [-0.15, -0.1) is 0 Å². The fraction of sp³-hybridized carbons (Fsp3) is 0.125. The first-order valence-corrected chi connectivity index (χ1v) is 12.3. The third-order valence-corrected chi connectivity index (χ3v) is 9.13. The summed E-state index contributed by atoms with van der Waals surface area (Å²) >= 11 is -0.372. The van der Waals surface area contributed by atoms with Crippen molar-refractivity contribution >= 4 is 35.6 Å². The third kappa shape index (κ3) is 5.44. The second-order valence-corrected chi connectivity index (χ2v) is 10.5. The Morgan fingerprint density at radius 1 is 0.650 bits per heavy atom. The van der Waals surface area contributed by atoms with Gasteiger partial charge in [0.2, 0.25) is 0 Å². The normalized spacial score (nSPS) is 10.2. The van der Waals surface area contributed by atoms with Gasteiger partial charge in [0, 0.05) is 0 Å². The van der Waals surface area contributed by atoms with E-state index in [0.29, 0.717) is 12.8 Å². The van der Waals surface area contributed by atoms with Crippen LogP contribution in [0.5, 0.6) is 0 Å². The van der Waals surface area contributed by atoms with E-state index < -0.39 is 0 Å². The predicted octanol–water partition coefficient (Wildman–Crippen LogP) is 1.85. The molecule has 0 N–H and O–H groups in total. The first kappa shape index (κ1) is 15.2. The molecule has 0 bridgehead atoms. The van der Waals surface area contributed by atoms with Crippen molar-refractivity contribution in [1.29, 1.82) is 0 Å². The summed E-state index contributed by atoms with van der Waals surface area (Å²) in [5.74, 6) is 0. The van der Waals surface area contributed by atoms with Crippen LogP contribution in [0.25, 0.3) is 0 Å². The first-order chi connectivity index (χ1) is 9.74. The van der Waals surface area contributed by atoms with Crippen molar-refractivity contribution < 1.29 is 9.59 Å². The van der Waals surface area contributed by atoms with Gasteiger partial charge in [0.1, 0.15) is 0 Å². The van der Waals surface area contributed by atoms with E-state index in [1.807, 2.05) is 60.7 Å². The Kier molecular flexibility index (Phi) is 6.22. The molecule has 0 spiro atoms. The molecule has 2 rings (SSSR count). The van der Waals surface area contributed by atoms with E-state index in [1.165, 1.54) is 0 Å². The van der Waals surface area contributed by atoms with Gasteiger partial charge in [-0.25, -0.2) is 0 Å². The van der Waals surface area contributed by atoms with Gasteiger partial charge in [-0.1, -0.05) is 0 Å². The van der Waals surface area contributed by atoms with Gasteiger partial charge in [0.25, 0.3) is 0 Å². The first-order valence-electron chi connectivity index (χ1n) is 6.22. The Morgan fingerprint density at radius 3 is 1.35 bits per heavy atom. The van der Waals surface area contributed by atoms with E-state index in [9.17, 15) is 9.59 Å². The van der Waals surface area contributed by atoms with Crippen LogP contribution >= 0.6 is 0 Å². The summed E-state index contributed by atoms with van der Waals surface area (Å²) < 4.78 is 0.426. The molecule has 2 aromatic carbocycles. The van der Waals surface area contributed by atoms with Crippen molar-refractivity contribution in [3.8, 4) is 0 Å². The molecular formula is C16H14O2Se2. The molecule has 0 aliphatic heterocycles. The third-order valence-electron chi connectivity index (χ3n) is 2.61. The minimum atomic E-state index is -0.186. The maximum atomic E-state index is 11.9. The zero-order chi connectivity index (χ0) is 14.2. The van der Waals surface area contributed by atoms with Crippen LogP contribution in [-0.2, 0) is 22.4 Å². The van der Waals surface area contributed by atoms with Crippen molar-refractivity contribution in [1.82, 2.24) is 0 Å². The fourth-order valence-corrected chi connectivity index (χ4v) is 6.32. The molecule has 4 heteroatoms. The number of carbonyl (C=O) groups is 2. The molecule has 0 fully saturated rings. The topological polar surface area (TPSA) is 34.1 Å². The Balaban J connectivity index is 1.75. The summed E-state index contributed by atoms with van der Waals surface area (Å²) in [7, 11) is 0. The Bertz CT molecular complexity index is 514. The van der Waals surface area contributed by atoms with Crippen molar-refractivity contribution in [2.24, 2.45) is 0 Å². The average molecular weight is 396 g/mol. The molecule has 0 aliphatic rings. The summed E-state index contributed by atoms with van der Waals surface area (Å²) in [5, 5.41) is 0. The second kappa shape index (κ2) is 8.18. The van der Waals surface area contributed by atoms with Gasteiger partial charge < -0.3 is 0 Å². The number of carbonyl (C=O) groups excluding carboxylic acids is 2. The van der Waals surface area contributed by atoms with Crippen molar-refractivity contribution in [3.05, 3.63) is 71.8 Å². The van der Waals surface area contributed by atoms with Crippen LogP contribution in [-0.4, -0.2) is 35.6 Å². The minimum absolute atomic E-state index is 0.186. The van der Waals surface area contributed by atoms with Crippen LogP contribution < -0.4 is 0 Å². The van der Waals surface area contributed by atoms with Gasteiger partial charge in [-0.2, -0.15) is 0 Å². The van der Waals surface area contributed by atoms with E-state index >= 15 is 0 Å². The molecule has 20 heavy (non-hydrogen) atoms. The van der Waals surface area contributed by atoms with Gasteiger partial charge in [-0.05, 0) is 0 Å². The summed E-state index contributed by atoms with van der Waals surface area (Å²) in [6.07, 6.45) is 0.919. The molecule has 0 radical (unpaired) electrons. The Hall–Kier alpha value is -1.18. The molecule has 0 saturated carbocycles. The molecular weight excluding hydrogens is 382 g/mol. The van der Waals surface area contributed by atoms with Crippen LogP contribution in [0, 0.1) is 0 Å².